The Morgan fingerprint density at radius 2 is 1.52 bits per heavy atom. The highest BCUT2D eigenvalue weighted by Crippen LogP contribution is 2.50. The Hall–Kier alpha value is -1.60. The molecule has 0 saturated heterocycles. The molecule has 0 aromatic heterocycles. The Balaban J connectivity index is 1.73. The van der Waals surface area contributed by atoms with E-state index in [1.165, 1.54) is 61.6 Å². The first-order chi connectivity index (χ1) is 13.1. The van der Waals surface area contributed by atoms with Crippen LogP contribution in [0.1, 0.15) is 69.1 Å². The first-order valence-electron chi connectivity index (χ1n) is 10.9. The van der Waals surface area contributed by atoms with Crippen LogP contribution in [-0.4, -0.2) is 8.07 Å². The summed E-state index contributed by atoms with van der Waals surface area (Å²) in [6, 6.07) is 14.3. The predicted octanol–water partition coefficient (Wildman–Crippen LogP) is 7.06. The van der Waals surface area contributed by atoms with Crippen LogP contribution in [-0.2, 0) is 6.42 Å². The fourth-order valence-electron chi connectivity index (χ4n) is 5.16. The van der Waals surface area contributed by atoms with Gasteiger partial charge in [-0.05, 0) is 57.5 Å². The van der Waals surface area contributed by atoms with E-state index in [4.69, 9.17) is 0 Å². The molecule has 2 aromatic rings. The van der Waals surface area contributed by atoms with Gasteiger partial charge in [-0.2, -0.15) is 0 Å². The van der Waals surface area contributed by atoms with E-state index >= 15 is 0 Å². The zero-order chi connectivity index (χ0) is 19.0. The van der Waals surface area contributed by atoms with E-state index in [-0.39, 0.29) is 0 Å². The van der Waals surface area contributed by atoms with Crippen molar-refractivity contribution in [1.29, 1.82) is 0 Å². The third kappa shape index (κ3) is 3.14. The molecular formula is C26H33Si. The van der Waals surface area contributed by atoms with Gasteiger partial charge in [0.25, 0.3) is 0 Å². The molecule has 0 spiro atoms. The fraction of sp³-hybridized carbons (Fsp3) is 0.423. The van der Waals surface area contributed by atoms with Crippen LogP contribution >= 0.6 is 0 Å². The van der Waals surface area contributed by atoms with Crippen molar-refractivity contribution in [2.75, 3.05) is 0 Å². The fourth-order valence-corrected chi connectivity index (χ4v) is 8.72. The molecule has 1 radical (unpaired) electrons. The van der Waals surface area contributed by atoms with Crippen LogP contribution in [0.25, 0.3) is 16.3 Å². The maximum atomic E-state index is 2.56. The van der Waals surface area contributed by atoms with Crippen molar-refractivity contribution in [3.63, 3.8) is 0 Å². The van der Waals surface area contributed by atoms with Gasteiger partial charge in [0.05, 0.1) is 0 Å². The Kier molecular flexibility index (Phi) is 5.16. The monoisotopic (exact) mass is 373 g/mol. The number of fused-ring (bicyclic) bond motifs is 1. The number of aryl methyl sites for hydroxylation is 1. The van der Waals surface area contributed by atoms with Gasteiger partial charge >= 0.3 is 0 Å². The Morgan fingerprint density at radius 3 is 2.22 bits per heavy atom. The van der Waals surface area contributed by atoms with E-state index in [0.29, 0.717) is 0 Å². The summed E-state index contributed by atoms with van der Waals surface area (Å²) in [5.74, 6) is 0. The molecule has 1 heterocycles. The standard InChI is InChI=1S/C26H33Si/c1-5-7-8-9-11-22-18-21-16-17-23-24(25(21)26(22)27(23,3)4)20-14-12-19(10-6-2)13-15-20/h12-18H,5-11H2,1-4H3. The van der Waals surface area contributed by atoms with Gasteiger partial charge in [-0.1, -0.05) is 94.6 Å². The van der Waals surface area contributed by atoms with Gasteiger partial charge in [0.2, 0.25) is 0 Å². The Morgan fingerprint density at radius 1 is 0.741 bits per heavy atom. The molecule has 2 aliphatic rings. The van der Waals surface area contributed by atoms with Gasteiger partial charge in [0.1, 0.15) is 8.07 Å². The number of unbranched alkanes of at least 4 members (excludes halogenated alkanes) is 3. The van der Waals surface area contributed by atoms with E-state index in [1.54, 1.807) is 27.1 Å². The second kappa shape index (κ2) is 7.43. The first kappa shape index (κ1) is 18.7. The minimum absolute atomic E-state index is 1.18. The van der Waals surface area contributed by atoms with E-state index < -0.39 is 8.07 Å². The molecule has 1 aliphatic heterocycles. The van der Waals surface area contributed by atoms with Crippen molar-refractivity contribution in [3.05, 3.63) is 65.1 Å². The normalized spacial score (nSPS) is 16.4. The molecule has 27 heavy (non-hydrogen) atoms. The summed E-state index contributed by atoms with van der Waals surface area (Å²) in [6.07, 6.45) is 11.6. The zero-order valence-electron chi connectivity index (χ0n) is 17.5. The molecule has 1 heteroatoms. The lowest BCUT2D eigenvalue weighted by molar-refractivity contribution is 0.667. The van der Waals surface area contributed by atoms with Crippen molar-refractivity contribution >= 4 is 18.5 Å². The van der Waals surface area contributed by atoms with Crippen molar-refractivity contribution in [2.45, 2.75) is 71.9 Å². The van der Waals surface area contributed by atoms with E-state index in [1.807, 2.05) is 0 Å². The van der Waals surface area contributed by atoms with Gasteiger partial charge in [-0.25, -0.2) is 0 Å². The minimum Gasteiger partial charge on any atom is -0.0654 e. The van der Waals surface area contributed by atoms with E-state index in [9.17, 15) is 0 Å². The van der Waals surface area contributed by atoms with E-state index in [0.717, 1.165) is 0 Å². The Bertz CT molecular complexity index is 868. The molecule has 141 valence electrons. The maximum Gasteiger partial charge on any atom is 0.113 e. The quantitative estimate of drug-likeness (QED) is 0.343. The molecule has 0 fully saturated rings. The summed E-state index contributed by atoms with van der Waals surface area (Å²) >= 11 is 0. The topological polar surface area (TPSA) is 0 Å². The highest BCUT2D eigenvalue weighted by atomic mass is 28.3. The molecule has 4 rings (SSSR count). The SMILES string of the molecule is CCCCCCC1=C2c3c(ccc(c3-c3ccc(CCC)cc3)[Si]2(C)C)[CH]1. The minimum atomic E-state index is -1.58. The van der Waals surface area contributed by atoms with Crippen molar-refractivity contribution in [3.8, 4) is 11.1 Å². The summed E-state index contributed by atoms with van der Waals surface area (Å²) in [6.45, 7) is 9.68. The van der Waals surface area contributed by atoms with Crippen LogP contribution in [0.15, 0.2) is 42.0 Å². The molecule has 0 nitrogen and oxygen atoms in total. The maximum absolute atomic E-state index is 2.56. The molecule has 2 aromatic carbocycles. The van der Waals surface area contributed by atoms with Crippen LogP contribution in [0.3, 0.4) is 0 Å². The number of benzene rings is 2. The van der Waals surface area contributed by atoms with Gasteiger partial charge in [-0.15, -0.1) is 0 Å². The van der Waals surface area contributed by atoms with Gasteiger partial charge < -0.3 is 0 Å². The lowest BCUT2D eigenvalue weighted by Crippen LogP contribution is -2.39. The molecule has 0 atom stereocenters. The average Bonchev–Trinajstić information content (AvgIpc) is 3.11. The van der Waals surface area contributed by atoms with Crippen LogP contribution < -0.4 is 5.19 Å². The summed E-state index contributed by atoms with van der Waals surface area (Å²) in [4.78, 5) is 0. The summed E-state index contributed by atoms with van der Waals surface area (Å²) in [5, 5.41) is 3.40. The van der Waals surface area contributed by atoms with Gasteiger partial charge in [0.15, 0.2) is 0 Å². The molecule has 0 saturated carbocycles. The predicted molar refractivity (Wildman–Crippen MR) is 122 cm³/mol. The smallest absolute Gasteiger partial charge is 0.0654 e. The number of hydrogen-bond donors (Lipinski definition) is 0. The number of rotatable bonds is 8. The van der Waals surface area contributed by atoms with E-state index in [2.05, 4.69) is 69.8 Å². The van der Waals surface area contributed by atoms with Crippen LogP contribution in [0, 0.1) is 6.42 Å². The van der Waals surface area contributed by atoms with Crippen molar-refractivity contribution in [2.24, 2.45) is 0 Å². The zero-order valence-corrected chi connectivity index (χ0v) is 18.5. The number of allylic oxidation sites excluding steroid dienone is 1. The average molecular weight is 374 g/mol. The molecule has 0 unspecified atom stereocenters. The molecule has 0 amide bonds. The highest BCUT2D eigenvalue weighted by Gasteiger charge is 2.45. The summed E-state index contributed by atoms with van der Waals surface area (Å²) < 4.78 is 0. The van der Waals surface area contributed by atoms with Crippen LogP contribution in [0.2, 0.25) is 13.1 Å². The largest absolute Gasteiger partial charge is 0.113 e. The van der Waals surface area contributed by atoms with Crippen molar-refractivity contribution < 1.29 is 0 Å². The van der Waals surface area contributed by atoms with Crippen LogP contribution in [0.5, 0.6) is 0 Å². The third-order valence-electron chi connectivity index (χ3n) is 6.52. The van der Waals surface area contributed by atoms with Gasteiger partial charge in [0, 0.05) is 6.42 Å². The van der Waals surface area contributed by atoms with Crippen molar-refractivity contribution in [1.82, 2.24) is 0 Å². The molecule has 1 aliphatic carbocycles. The molecular weight excluding hydrogens is 340 g/mol. The highest BCUT2D eigenvalue weighted by molar-refractivity contribution is 7.07. The molecule has 0 N–H and O–H groups in total. The lowest BCUT2D eigenvalue weighted by atomic mass is 9.96. The second-order valence-corrected chi connectivity index (χ2v) is 13.2. The van der Waals surface area contributed by atoms with Crippen LogP contribution in [0.4, 0.5) is 0 Å². The number of hydrogen-bond acceptors (Lipinski definition) is 0. The summed E-state index contributed by atoms with van der Waals surface area (Å²) in [7, 11) is -1.58. The Labute approximate surface area is 166 Å². The molecule has 2 bridgehead atoms. The summed E-state index contributed by atoms with van der Waals surface area (Å²) in [5.41, 5.74) is 9.18. The van der Waals surface area contributed by atoms with Gasteiger partial charge in [-0.3, -0.25) is 0 Å². The third-order valence-corrected chi connectivity index (χ3v) is 10.1. The lowest BCUT2D eigenvalue weighted by Gasteiger charge is -2.22. The second-order valence-electron chi connectivity index (χ2n) is 8.88. The first-order valence-corrected chi connectivity index (χ1v) is 13.9.